The van der Waals surface area contributed by atoms with Gasteiger partial charge in [0.2, 0.25) is 0 Å². The van der Waals surface area contributed by atoms with E-state index in [-0.39, 0.29) is 24.2 Å². The minimum Gasteiger partial charge on any atom is -0.478 e. The second kappa shape index (κ2) is 5.54. The van der Waals surface area contributed by atoms with E-state index in [0.717, 1.165) is 0 Å². The van der Waals surface area contributed by atoms with Crippen molar-refractivity contribution in [2.24, 2.45) is 29.1 Å². The maximum absolute atomic E-state index is 9.60. The van der Waals surface area contributed by atoms with Crippen molar-refractivity contribution in [2.45, 2.75) is 13.3 Å². The maximum Gasteiger partial charge on any atom is 0.330 e. The summed E-state index contributed by atoms with van der Waals surface area (Å²) in [6, 6.07) is 0. The minimum absolute atomic E-state index is 0.0816. The highest BCUT2D eigenvalue weighted by molar-refractivity contribution is 5.84. The molecule has 0 aromatic rings. The molecule has 4 nitrogen and oxygen atoms in total. The van der Waals surface area contributed by atoms with Crippen LogP contribution in [0, 0.1) is 29.1 Å². The van der Waals surface area contributed by atoms with Crippen LogP contribution in [0.1, 0.15) is 13.3 Å². The van der Waals surface area contributed by atoms with E-state index in [9.17, 15) is 15.0 Å². The molecule has 20 heavy (non-hydrogen) atoms. The summed E-state index contributed by atoms with van der Waals surface area (Å²) in [5, 5.41) is 26.8. The number of aliphatic hydroxyl groups excluding tert-OH is 2. The maximum atomic E-state index is 9.60. The lowest BCUT2D eigenvalue weighted by Gasteiger charge is -2.35. The average Bonchev–Trinajstić information content (AvgIpc) is 3.11. The fourth-order valence-electron chi connectivity index (χ4n) is 3.71. The van der Waals surface area contributed by atoms with Gasteiger partial charge in [-0.2, -0.15) is 0 Å². The third kappa shape index (κ3) is 2.34. The molecule has 3 N–H and O–H groups in total. The molecule has 3 aliphatic rings. The largest absolute Gasteiger partial charge is 0.478 e. The summed E-state index contributed by atoms with van der Waals surface area (Å²) in [5.41, 5.74) is -0.163. The molecule has 1 fully saturated rings. The number of hydrogen-bond acceptors (Lipinski definition) is 3. The summed E-state index contributed by atoms with van der Waals surface area (Å²) in [7, 11) is 0. The van der Waals surface area contributed by atoms with Crippen molar-refractivity contribution in [2.75, 3.05) is 13.2 Å². The Morgan fingerprint density at radius 2 is 1.80 bits per heavy atom. The van der Waals surface area contributed by atoms with Crippen LogP contribution in [0.5, 0.6) is 0 Å². The number of aliphatic hydroxyl groups is 2. The van der Waals surface area contributed by atoms with Gasteiger partial charge < -0.3 is 15.3 Å². The van der Waals surface area contributed by atoms with E-state index in [1.807, 2.05) is 0 Å². The molecule has 1 saturated carbocycles. The molecule has 0 amide bonds. The number of carboxylic acids is 1. The molecule has 4 heteroatoms. The SMILES string of the molecule is C=C(C)C(=O)O.OCC1(CO)C=CC2C3C=CC(C3)C21. The fourth-order valence-corrected chi connectivity index (χ4v) is 3.71. The first-order chi connectivity index (χ1) is 9.45. The second-order valence-corrected chi connectivity index (χ2v) is 6.05. The van der Waals surface area contributed by atoms with Crippen LogP contribution < -0.4 is 0 Å². The summed E-state index contributed by atoms with van der Waals surface area (Å²) in [6.45, 7) is 4.77. The summed E-state index contributed by atoms with van der Waals surface area (Å²) >= 11 is 0. The predicted octanol–water partition coefficient (Wildman–Crippen LogP) is 1.61. The Morgan fingerprint density at radius 1 is 1.25 bits per heavy atom. The molecule has 0 saturated heterocycles. The number of hydrogen-bond donors (Lipinski definition) is 3. The van der Waals surface area contributed by atoms with Crippen molar-refractivity contribution >= 4 is 5.97 Å². The van der Waals surface area contributed by atoms with Crippen molar-refractivity contribution in [3.05, 3.63) is 36.5 Å². The van der Waals surface area contributed by atoms with Gasteiger partial charge in [-0.15, -0.1) is 0 Å². The van der Waals surface area contributed by atoms with Crippen LogP contribution in [-0.4, -0.2) is 34.5 Å². The molecule has 3 aliphatic carbocycles. The molecule has 0 radical (unpaired) electrons. The van der Waals surface area contributed by atoms with Crippen molar-refractivity contribution in [3.63, 3.8) is 0 Å². The smallest absolute Gasteiger partial charge is 0.330 e. The van der Waals surface area contributed by atoms with Crippen LogP contribution in [0.25, 0.3) is 0 Å². The van der Waals surface area contributed by atoms with Gasteiger partial charge in [-0.05, 0) is 37.0 Å². The Morgan fingerprint density at radius 3 is 2.30 bits per heavy atom. The zero-order chi connectivity index (χ0) is 14.9. The summed E-state index contributed by atoms with van der Waals surface area (Å²) < 4.78 is 0. The quantitative estimate of drug-likeness (QED) is 0.541. The zero-order valence-electron chi connectivity index (χ0n) is 11.7. The lowest BCUT2D eigenvalue weighted by Crippen LogP contribution is -2.38. The van der Waals surface area contributed by atoms with Crippen LogP contribution in [0.4, 0.5) is 0 Å². The van der Waals surface area contributed by atoms with Gasteiger partial charge >= 0.3 is 5.97 Å². The van der Waals surface area contributed by atoms with E-state index in [1.54, 1.807) is 0 Å². The lowest BCUT2D eigenvalue weighted by atomic mass is 9.71. The van der Waals surface area contributed by atoms with Gasteiger partial charge in [0.25, 0.3) is 0 Å². The van der Waals surface area contributed by atoms with E-state index >= 15 is 0 Å². The Balaban J connectivity index is 0.000000212. The highest BCUT2D eigenvalue weighted by Gasteiger charge is 2.55. The second-order valence-electron chi connectivity index (χ2n) is 6.05. The van der Waals surface area contributed by atoms with Crippen molar-refractivity contribution in [1.29, 1.82) is 0 Å². The van der Waals surface area contributed by atoms with Crippen LogP contribution in [-0.2, 0) is 4.79 Å². The van der Waals surface area contributed by atoms with E-state index < -0.39 is 5.97 Å². The van der Waals surface area contributed by atoms with Gasteiger partial charge in [0.1, 0.15) is 0 Å². The van der Waals surface area contributed by atoms with Crippen molar-refractivity contribution in [3.8, 4) is 0 Å². The normalized spacial score (nSPS) is 34.5. The van der Waals surface area contributed by atoms with E-state index in [4.69, 9.17) is 5.11 Å². The van der Waals surface area contributed by atoms with Gasteiger partial charge in [-0.1, -0.05) is 30.9 Å². The number of carboxylic acid groups (broad SMARTS) is 1. The minimum atomic E-state index is -0.935. The summed E-state index contributed by atoms with van der Waals surface area (Å²) in [4.78, 5) is 9.60. The van der Waals surface area contributed by atoms with Crippen LogP contribution in [0.3, 0.4) is 0 Å². The molecule has 0 aromatic carbocycles. The Bertz CT molecular complexity index is 447. The molecule has 4 unspecified atom stereocenters. The van der Waals surface area contributed by atoms with Crippen LogP contribution in [0.2, 0.25) is 0 Å². The van der Waals surface area contributed by atoms with Crippen molar-refractivity contribution in [1.82, 2.24) is 0 Å². The monoisotopic (exact) mass is 278 g/mol. The Kier molecular flexibility index (Phi) is 4.16. The molecule has 0 aliphatic heterocycles. The third-order valence-corrected chi connectivity index (χ3v) is 4.79. The van der Waals surface area contributed by atoms with Gasteiger partial charge in [-0.3, -0.25) is 0 Å². The van der Waals surface area contributed by atoms with Gasteiger partial charge in [0, 0.05) is 11.0 Å². The first-order valence-electron chi connectivity index (χ1n) is 6.93. The van der Waals surface area contributed by atoms with E-state index in [1.165, 1.54) is 13.3 Å². The number of allylic oxidation sites excluding steroid dienone is 3. The third-order valence-electron chi connectivity index (χ3n) is 4.79. The molecule has 0 aromatic heterocycles. The van der Waals surface area contributed by atoms with Crippen LogP contribution >= 0.6 is 0 Å². The molecular formula is C16H22O4. The number of carbonyl (C=O) groups is 1. The Hall–Kier alpha value is -1.39. The van der Waals surface area contributed by atoms with Gasteiger partial charge in [0.15, 0.2) is 0 Å². The Labute approximate surface area is 119 Å². The molecule has 110 valence electrons. The molecular weight excluding hydrogens is 256 g/mol. The lowest BCUT2D eigenvalue weighted by molar-refractivity contribution is -0.132. The van der Waals surface area contributed by atoms with Gasteiger partial charge in [0.05, 0.1) is 13.2 Å². The molecule has 4 atom stereocenters. The first-order valence-corrected chi connectivity index (χ1v) is 6.93. The molecule has 0 spiro atoms. The first kappa shape index (κ1) is 15.0. The standard InChI is InChI=1S/C12H16O2.C4H6O2/c13-6-12(7-14)4-3-10-8-1-2-9(5-8)11(10)12;1-3(2)4(5)6/h1-4,8-11,13-14H,5-7H2;1H2,2H3,(H,5,6). The topological polar surface area (TPSA) is 77.8 Å². The van der Waals surface area contributed by atoms with E-state index in [0.29, 0.717) is 23.7 Å². The molecule has 2 bridgehead atoms. The van der Waals surface area contributed by atoms with E-state index in [2.05, 4.69) is 30.9 Å². The molecule has 3 rings (SSSR count). The summed E-state index contributed by atoms with van der Waals surface area (Å²) in [6.07, 6.45) is 10.1. The number of fused-ring (bicyclic) bond motifs is 5. The number of rotatable bonds is 3. The highest BCUT2D eigenvalue weighted by Crippen LogP contribution is 2.59. The average molecular weight is 278 g/mol. The zero-order valence-corrected chi connectivity index (χ0v) is 11.7. The van der Waals surface area contributed by atoms with Crippen LogP contribution in [0.15, 0.2) is 36.5 Å². The molecule has 0 heterocycles. The summed E-state index contributed by atoms with van der Waals surface area (Å²) in [5.74, 6) is 1.34. The van der Waals surface area contributed by atoms with Gasteiger partial charge in [-0.25, -0.2) is 4.79 Å². The van der Waals surface area contributed by atoms with Crippen molar-refractivity contribution < 1.29 is 20.1 Å². The predicted molar refractivity (Wildman–Crippen MR) is 75.9 cm³/mol. The highest BCUT2D eigenvalue weighted by atomic mass is 16.4. The number of aliphatic carboxylic acids is 1. The fraction of sp³-hybridized carbons (Fsp3) is 0.562.